The highest BCUT2D eigenvalue weighted by atomic mass is 35.5. The number of pyridine rings is 1. The highest BCUT2D eigenvalue weighted by molar-refractivity contribution is 7.10. The first-order valence-electron chi connectivity index (χ1n) is 7.52. The molecule has 4 heteroatoms. The van der Waals surface area contributed by atoms with Gasteiger partial charge in [-0.1, -0.05) is 23.7 Å². The molecule has 1 aromatic carbocycles. The molecule has 0 aliphatic carbocycles. The van der Waals surface area contributed by atoms with Gasteiger partial charge in [-0.05, 0) is 48.1 Å². The van der Waals surface area contributed by atoms with Crippen LogP contribution in [0.2, 0.25) is 5.15 Å². The summed E-state index contributed by atoms with van der Waals surface area (Å²) in [6.45, 7) is 5.05. The molecule has 3 heterocycles. The van der Waals surface area contributed by atoms with Gasteiger partial charge in [-0.3, -0.25) is 4.90 Å². The Hall–Kier alpha value is -1.42. The lowest BCUT2D eigenvalue weighted by atomic mass is 10.1. The van der Waals surface area contributed by atoms with Crippen LogP contribution in [0.1, 0.15) is 21.6 Å². The molecule has 0 atom stereocenters. The van der Waals surface area contributed by atoms with Crippen molar-refractivity contribution in [3.05, 3.63) is 62.4 Å². The van der Waals surface area contributed by atoms with Crippen LogP contribution in [0.5, 0.6) is 0 Å². The van der Waals surface area contributed by atoms with Crippen molar-refractivity contribution in [2.45, 2.75) is 26.4 Å². The Morgan fingerprint density at radius 1 is 1.27 bits per heavy atom. The van der Waals surface area contributed by atoms with Gasteiger partial charge in [0, 0.05) is 35.5 Å². The minimum Gasteiger partial charge on any atom is -0.294 e. The smallest absolute Gasteiger partial charge is 0.134 e. The summed E-state index contributed by atoms with van der Waals surface area (Å²) in [6.07, 6.45) is 1.14. The predicted octanol–water partition coefficient (Wildman–Crippen LogP) is 4.82. The average molecular weight is 329 g/mol. The van der Waals surface area contributed by atoms with Gasteiger partial charge in [0.15, 0.2) is 0 Å². The fourth-order valence-electron chi connectivity index (χ4n) is 3.09. The lowest BCUT2D eigenvalue weighted by Gasteiger charge is -2.27. The van der Waals surface area contributed by atoms with E-state index in [4.69, 9.17) is 11.6 Å². The Morgan fingerprint density at radius 3 is 3.09 bits per heavy atom. The summed E-state index contributed by atoms with van der Waals surface area (Å²) >= 11 is 8.29. The minimum atomic E-state index is 0.634. The molecule has 0 saturated heterocycles. The van der Waals surface area contributed by atoms with Crippen molar-refractivity contribution in [3.8, 4) is 0 Å². The van der Waals surface area contributed by atoms with E-state index in [1.807, 2.05) is 11.3 Å². The topological polar surface area (TPSA) is 16.1 Å². The van der Waals surface area contributed by atoms with E-state index in [2.05, 4.69) is 52.5 Å². The van der Waals surface area contributed by atoms with Gasteiger partial charge in [0.1, 0.15) is 5.15 Å². The summed E-state index contributed by atoms with van der Waals surface area (Å²) < 4.78 is 0. The summed E-state index contributed by atoms with van der Waals surface area (Å²) in [5, 5.41) is 3.99. The zero-order valence-corrected chi connectivity index (χ0v) is 14.0. The van der Waals surface area contributed by atoms with Crippen LogP contribution in [-0.4, -0.2) is 16.4 Å². The maximum Gasteiger partial charge on any atom is 0.134 e. The van der Waals surface area contributed by atoms with Crippen LogP contribution in [-0.2, 0) is 19.5 Å². The maximum atomic E-state index is 6.42. The molecule has 0 saturated carbocycles. The van der Waals surface area contributed by atoms with Crippen LogP contribution in [0.15, 0.2) is 35.7 Å². The SMILES string of the molecule is Cc1ccc2cc(CN3CCc4sccc4C3)c(Cl)nc2c1. The van der Waals surface area contributed by atoms with Crippen molar-refractivity contribution in [1.82, 2.24) is 9.88 Å². The summed E-state index contributed by atoms with van der Waals surface area (Å²) in [5.74, 6) is 0. The number of thiophene rings is 1. The van der Waals surface area contributed by atoms with E-state index in [1.54, 1.807) is 0 Å². The Morgan fingerprint density at radius 2 is 2.18 bits per heavy atom. The second-order valence-electron chi connectivity index (χ2n) is 5.96. The molecule has 0 amide bonds. The molecule has 1 aliphatic rings. The Labute approximate surface area is 139 Å². The molecular weight excluding hydrogens is 312 g/mol. The molecule has 4 rings (SSSR count). The fourth-order valence-corrected chi connectivity index (χ4v) is 4.19. The standard InChI is InChI=1S/C18H17ClN2S/c1-12-2-3-13-9-15(18(19)20-16(13)8-12)11-21-6-4-17-14(10-21)5-7-22-17/h2-3,5,7-9H,4,6,10-11H2,1H3. The number of halogens is 1. The second kappa shape index (κ2) is 5.65. The highest BCUT2D eigenvalue weighted by Crippen LogP contribution is 2.27. The van der Waals surface area contributed by atoms with Gasteiger partial charge in [0.2, 0.25) is 0 Å². The van der Waals surface area contributed by atoms with Crippen molar-refractivity contribution in [2.24, 2.45) is 0 Å². The molecular formula is C18H17ClN2S. The van der Waals surface area contributed by atoms with Crippen LogP contribution >= 0.6 is 22.9 Å². The first-order chi connectivity index (χ1) is 10.7. The Kier molecular flexibility index (Phi) is 3.65. The van der Waals surface area contributed by atoms with Crippen molar-refractivity contribution >= 4 is 33.8 Å². The Balaban J connectivity index is 1.62. The van der Waals surface area contributed by atoms with Crippen molar-refractivity contribution < 1.29 is 0 Å². The van der Waals surface area contributed by atoms with Gasteiger partial charge >= 0.3 is 0 Å². The number of nitrogens with zero attached hydrogens (tertiary/aromatic N) is 2. The number of aromatic nitrogens is 1. The normalized spacial score (nSPS) is 15.2. The van der Waals surface area contributed by atoms with Gasteiger partial charge in [-0.2, -0.15) is 0 Å². The van der Waals surface area contributed by atoms with E-state index >= 15 is 0 Å². The van der Waals surface area contributed by atoms with E-state index in [9.17, 15) is 0 Å². The molecule has 0 N–H and O–H groups in total. The fraction of sp³-hybridized carbons (Fsp3) is 0.278. The quantitative estimate of drug-likeness (QED) is 0.627. The van der Waals surface area contributed by atoms with Crippen LogP contribution in [0.25, 0.3) is 10.9 Å². The second-order valence-corrected chi connectivity index (χ2v) is 7.32. The third-order valence-electron chi connectivity index (χ3n) is 4.28. The molecule has 2 aromatic heterocycles. The zero-order chi connectivity index (χ0) is 15.1. The number of hydrogen-bond acceptors (Lipinski definition) is 3. The van der Waals surface area contributed by atoms with E-state index < -0.39 is 0 Å². The molecule has 0 spiro atoms. The molecule has 2 nitrogen and oxygen atoms in total. The van der Waals surface area contributed by atoms with Gasteiger partial charge < -0.3 is 0 Å². The van der Waals surface area contributed by atoms with Gasteiger partial charge in [0.05, 0.1) is 5.52 Å². The van der Waals surface area contributed by atoms with E-state index in [0.29, 0.717) is 5.15 Å². The van der Waals surface area contributed by atoms with Crippen molar-refractivity contribution in [1.29, 1.82) is 0 Å². The zero-order valence-electron chi connectivity index (χ0n) is 12.5. The van der Waals surface area contributed by atoms with Gasteiger partial charge in [0.25, 0.3) is 0 Å². The lowest BCUT2D eigenvalue weighted by Crippen LogP contribution is -2.29. The average Bonchev–Trinajstić information content (AvgIpc) is 2.96. The largest absolute Gasteiger partial charge is 0.294 e. The molecule has 1 aliphatic heterocycles. The predicted molar refractivity (Wildman–Crippen MR) is 93.6 cm³/mol. The lowest BCUT2D eigenvalue weighted by molar-refractivity contribution is 0.247. The molecule has 112 valence electrons. The first-order valence-corrected chi connectivity index (χ1v) is 8.78. The summed E-state index contributed by atoms with van der Waals surface area (Å²) in [7, 11) is 0. The highest BCUT2D eigenvalue weighted by Gasteiger charge is 2.18. The minimum absolute atomic E-state index is 0.634. The number of aryl methyl sites for hydroxylation is 1. The van der Waals surface area contributed by atoms with Gasteiger partial charge in [-0.15, -0.1) is 11.3 Å². The van der Waals surface area contributed by atoms with Crippen LogP contribution in [0.3, 0.4) is 0 Å². The van der Waals surface area contributed by atoms with E-state index in [0.717, 1.165) is 37.1 Å². The van der Waals surface area contributed by atoms with Crippen LogP contribution in [0, 0.1) is 6.92 Å². The molecule has 22 heavy (non-hydrogen) atoms. The number of fused-ring (bicyclic) bond motifs is 2. The molecule has 0 fully saturated rings. The summed E-state index contributed by atoms with van der Waals surface area (Å²) in [4.78, 5) is 8.57. The molecule has 0 radical (unpaired) electrons. The Bertz CT molecular complexity index is 840. The van der Waals surface area contributed by atoms with Crippen molar-refractivity contribution in [2.75, 3.05) is 6.54 Å². The number of rotatable bonds is 2. The molecule has 0 unspecified atom stereocenters. The third kappa shape index (κ3) is 2.65. The van der Waals surface area contributed by atoms with Crippen LogP contribution < -0.4 is 0 Å². The monoisotopic (exact) mass is 328 g/mol. The van der Waals surface area contributed by atoms with Crippen LogP contribution in [0.4, 0.5) is 0 Å². The number of hydrogen-bond donors (Lipinski definition) is 0. The van der Waals surface area contributed by atoms with E-state index in [1.165, 1.54) is 21.4 Å². The molecule has 0 bridgehead atoms. The number of benzene rings is 1. The first kappa shape index (κ1) is 14.2. The van der Waals surface area contributed by atoms with Gasteiger partial charge in [-0.25, -0.2) is 4.98 Å². The summed E-state index contributed by atoms with van der Waals surface area (Å²) in [6, 6.07) is 10.8. The van der Waals surface area contributed by atoms with Crippen molar-refractivity contribution in [3.63, 3.8) is 0 Å². The third-order valence-corrected chi connectivity index (χ3v) is 5.63. The maximum absolute atomic E-state index is 6.42. The summed E-state index contributed by atoms with van der Waals surface area (Å²) in [5.41, 5.74) is 4.78. The molecule has 3 aromatic rings. The van der Waals surface area contributed by atoms with E-state index in [-0.39, 0.29) is 0 Å².